The molecule has 1 amide bonds. The Morgan fingerprint density at radius 3 is 2.85 bits per heavy atom. The van der Waals surface area contributed by atoms with Crippen LogP contribution in [0.25, 0.3) is 0 Å². The number of hydrogen-bond acceptors (Lipinski definition) is 2. The number of aliphatic hydroxyl groups is 1. The quantitative estimate of drug-likeness (QED) is 0.652. The Bertz CT molecular complexity index is 208. The van der Waals surface area contributed by atoms with Crippen LogP contribution in [0.4, 0.5) is 4.39 Å². The zero-order valence-corrected chi connectivity index (χ0v) is 8.22. The first-order chi connectivity index (χ1) is 5.92. The van der Waals surface area contributed by atoms with Crippen LogP contribution in [0.2, 0.25) is 0 Å². The summed E-state index contributed by atoms with van der Waals surface area (Å²) in [5.41, 5.74) is -2.89. The SMILES string of the molecule is CC1(O)CCCN(C(=O)C(F)Cl)C1. The van der Waals surface area contributed by atoms with E-state index in [0.29, 0.717) is 19.4 Å². The van der Waals surface area contributed by atoms with Crippen LogP contribution in [0.15, 0.2) is 0 Å². The molecule has 13 heavy (non-hydrogen) atoms. The maximum Gasteiger partial charge on any atom is 0.272 e. The van der Waals surface area contributed by atoms with Crippen molar-refractivity contribution < 1.29 is 14.3 Å². The van der Waals surface area contributed by atoms with E-state index in [1.54, 1.807) is 6.92 Å². The van der Waals surface area contributed by atoms with Crippen molar-refractivity contribution in [2.45, 2.75) is 31.0 Å². The minimum absolute atomic E-state index is 0.166. The summed E-state index contributed by atoms with van der Waals surface area (Å²) in [4.78, 5) is 12.4. The molecule has 1 saturated heterocycles. The molecule has 0 bridgehead atoms. The monoisotopic (exact) mass is 209 g/mol. The molecule has 1 heterocycles. The average molecular weight is 210 g/mol. The topological polar surface area (TPSA) is 40.5 Å². The van der Waals surface area contributed by atoms with Gasteiger partial charge in [0.15, 0.2) is 0 Å². The molecule has 76 valence electrons. The van der Waals surface area contributed by atoms with Crippen LogP contribution < -0.4 is 0 Å². The third-order valence-electron chi connectivity index (χ3n) is 2.17. The summed E-state index contributed by atoms with van der Waals surface area (Å²) < 4.78 is 12.4. The van der Waals surface area contributed by atoms with Gasteiger partial charge in [0.05, 0.1) is 5.60 Å². The number of rotatable bonds is 1. The minimum atomic E-state index is -1.99. The van der Waals surface area contributed by atoms with Gasteiger partial charge in [-0.2, -0.15) is 0 Å². The molecule has 0 saturated carbocycles. The summed E-state index contributed by atoms with van der Waals surface area (Å²) >= 11 is 5.02. The second-order valence-electron chi connectivity index (χ2n) is 3.66. The van der Waals surface area contributed by atoms with Gasteiger partial charge < -0.3 is 10.0 Å². The number of β-amino-alcohol motifs (C(OH)–C–C–N with tert-alkyl or cyclic N) is 1. The van der Waals surface area contributed by atoms with Gasteiger partial charge in [-0.15, -0.1) is 0 Å². The molecular weight excluding hydrogens is 197 g/mol. The molecule has 5 heteroatoms. The molecule has 1 aliphatic rings. The number of amides is 1. The summed E-state index contributed by atoms with van der Waals surface area (Å²) in [7, 11) is 0. The Hall–Kier alpha value is -0.350. The standard InChI is InChI=1S/C8H13ClFNO2/c1-8(13)3-2-4-11(5-8)7(12)6(9)10/h6,13H,2-5H2,1H3. The maximum atomic E-state index is 12.4. The van der Waals surface area contributed by atoms with Gasteiger partial charge in [0.25, 0.3) is 11.5 Å². The van der Waals surface area contributed by atoms with E-state index in [1.165, 1.54) is 4.90 Å². The van der Waals surface area contributed by atoms with E-state index in [1.807, 2.05) is 0 Å². The van der Waals surface area contributed by atoms with E-state index >= 15 is 0 Å². The fourth-order valence-corrected chi connectivity index (χ4v) is 1.68. The van der Waals surface area contributed by atoms with Crippen LogP contribution in [-0.2, 0) is 4.79 Å². The smallest absolute Gasteiger partial charge is 0.272 e. The number of carbonyl (C=O) groups is 1. The van der Waals surface area contributed by atoms with Gasteiger partial charge in [-0.05, 0) is 19.8 Å². The number of likely N-dealkylation sites (tertiary alicyclic amines) is 1. The lowest BCUT2D eigenvalue weighted by molar-refractivity contribution is -0.139. The Morgan fingerprint density at radius 1 is 1.77 bits per heavy atom. The number of nitrogens with zero attached hydrogens (tertiary/aromatic N) is 1. The van der Waals surface area contributed by atoms with Crippen molar-refractivity contribution in [2.24, 2.45) is 0 Å². The van der Waals surface area contributed by atoms with Crippen molar-refractivity contribution in [3.8, 4) is 0 Å². The molecule has 1 N–H and O–H groups in total. The van der Waals surface area contributed by atoms with Gasteiger partial charge in [-0.1, -0.05) is 11.6 Å². The molecule has 1 fully saturated rings. The lowest BCUT2D eigenvalue weighted by Crippen LogP contribution is -2.50. The third kappa shape index (κ3) is 2.81. The molecule has 1 aliphatic heterocycles. The number of piperidine rings is 1. The lowest BCUT2D eigenvalue weighted by atomic mass is 9.95. The molecule has 0 aromatic heterocycles. The van der Waals surface area contributed by atoms with Crippen LogP contribution >= 0.6 is 11.6 Å². The summed E-state index contributed by atoms with van der Waals surface area (Å²) in [5.74, 6) is -0.748. The minimum Gasteiger partial charge on any atom is -0.388 e. The zero-order chi connectivity index (χ0) is 10.1. The molecule has 2 unspecified atom stereocenters. The van der Waals surface area contributed by atoms with Gasteiger partial charge in [0, 0.05) is 13.1 Å². The van der Waals surface area contributed by atoms with E-state index in [2.05, 4.69) is 0 Å². The van der Waals surface area contributed by atoms with E-state index in [-0.39, 0.29) is 6.54 Å². The molecule has 0 aromatic carbocycles. The predicted octanol–water partition coefficient (Wildman–Crippen LogP) is 0.894. The van der Waals surface area contributed by atoms with Crippen molar-refractivity contribution in [2.75, 3.05) is 13.1 Å². The zero-order valence-electron chi connectivity index (χ0n) is 7.46. The molecular formula is C8H13ClFNO2. The van der Waals surface area contributed by atoms with Gasteiger partial charge in [0.1, 0.15) is 0 Å². The summed E-state index contributed by atoms with van der Waals surface area (Å²) in [6, 6.07) is 0. The average Bonchev–Trinajstić information content (AvgIpc) is 2.01. The normalized spacial score (nSPS) is 31.5. The van der Waals surface area contributed by atoms with Gasteiger partial charge >= 0.3 is 0 Å². The fourth-order valence-electron chi connectivity index (χ4n) is 1.55. The van der Waals surface area contributed by atoms with Crippen molar-refractivity contribution in [3.63, 3.8) is 0 Å². The molecule has 0 aromatic rings. The molecule has 2 atom stereocenters. The largest absolute Gasteiger partial charge is 0.388 e. The van der Waals surface area contributed by atoms with Crippen LogP contribution in [0.1, 0.15) is 19.8 Å². The van der Waals surface area contributed by atoms with Gasteiger partial charge in [-0.3, -0.25) is 4.79 Å². The molecule has 0 spiro atoms. The van der Waals surface area contributed by atoms with Crippen LogP contribution in [0, 0.1) is 0 Å². The van der Waals surface area contributed by atoms with Crippen molar-refractivity contribution >= 4 is 17.5 Å². The summed E-state index contributed by atoms with van der Waals surface area (Å²) in [5, 5.41) is 9.62. The highest BCUT2D eigenvalue weighted by atomic mass is 35.5. The van der Waals surface area contributed by atoms with E-state index in [9.17, 15) is 14.3 Å². The van der Waals surface area contributed by atoms with E-state index in [4.69, 9.17) is 11.6 Å². The van der Waals surface area contributed by atoms with Crippen LogP contribution in [-0.4, -0.2) is 40.2 Å². The molecule has 3 nitrogen and oxygen atoms in total. The number of carbonyl (C=O) groups excluding carboxylic acids is 1. The molecule has 1 rings (SSSR count). The first kappa shape index (κ1) is 10.7. The second kappa shape index (κ2) is 3.80. The predicted molar refractivity (Wildman–Crippen MR) is 47.2 cm³/mol. The maximum absolute atomic E-state index is 12.4. The van der Waals surface area contributed by atoms with Gasteiger partial charge in [-0.25, -0.2) is 4.39 Å². The lowest BCUT2D eigenvalue weighted by Gasteiger charge is -2.36. The Labute approximate surface area is 81.5 Å². The number of alkyl halides is 2. The first-order valence-electron chi connectivity index (χ1n) is 4.22. The highest BCUT2D eigenvalue weighted by Crippen LogP contribution is 2.21. The number of halogens is 2. The highest BCUT2D eigenvalue weighted by Gasteiger charge is 2.33. The Balaban J connectivity index is 2.57. The van der Waals surface area contributed by atoms with Crippen LogP contribution in [0.3, 0.4) is 0 Å². The van der Waals surface area contributed by atoms with Gasteiger partial charge in [0.2, 0.25) is 0 Å². The Morgan fingerprint density at radius 2 is 2.38 bits per heavy atom. The van der Waals surface area contributed by atoms with Crippen molar-refractivity contribution in [1.82, 2.24) is 4.90 Å². The van der Waals surface area contributed by atoms with Crippen LogP contribution in [0.5, 0.6) is 0 Å². The van der Waals surface area contributed by atoms with Crippen molar-refractivity contribution in [1.29, 1.82) is 0 Å². The van der Waals surface area contributed by atoms with E-state index < -0.39 is 17.1 Å². The first-order valence-corrected chi connectivity index (χ1v) is 4.65. The number of hydrogen-bond donors (Lipinski definition) is 1. The van der Waals surface area contributed by atoms with Crippen molar-refractivity contribution in [3.05, 3.63) is 0 Å². The highest BCUT2D eigenvalue weighted by molar-refractivity contribution is 6.29. The second-order valence-corrected chi connectivity index (χ2v) is 4.04. The Kier molecular flexibility index (Phi) is 3.14. The fraction of sp³-hybridized carbons (Fsp3) is 0.875. The molecule has 0 radical (unpaired) electrons. The summed E-state index contributed by atoms with van der Waals surface area (Å²) in [6.07, 6.45) is 1.32. The summed E-state index contributed by atoms with van der Waals surface area (Å²) in [6.45, 7) is 2.27. The third-order valence-corrected chi connectivity index (χ3v) is 2.36. The molecule has 0 aliphatic carbocycles. The van der Waals surface area contributed by atoms with E-state index in [0.717, 1.165) is 0 Å².